The summed E-state index contributed by atoms with van der Waals surface area (Å²) in [6, 6.07) is 7.94. The highest BCUT2D eigenvalue weighted by Crippen LogP contribution is 2.12. The Hall–Kier alpha value is -1.44. The molecule has 0 aliphatic heterocycles. The normalized spacial score (nSPS) is 11.5. The molecule has 1 aromatic carbocycles. The summed E-state index contributed by atoms with van der Waals surface area (Å²) in [5, 5.41) is 11.1. The molecule has 0 radical (unpaired) electrons. The molecule has 6 nitrogen and oxygen atoms in total. The standard InChI is InChI=1S/C12H18N2O4S/c1-14(10-12(16)13-8-5-9-15)19(17,18)11-6-3-2-4-7-11/h2-4,6-7,15H,5,8-10H2,1H3,(H,13,16). The second-order valence-corrected chi connectivity index (χ2v) is 6.05. The van der Waals surface area contributed by atoms with Crippen molar-refractivity contribution in [1.82, 2.24) is 9.62 Å². The maximum absolute atomic E-state index is 12.1. The third-order valence-electron chi connectivity index (χ3n) is 2.47. The third-order valence-corrected chi connectivity index (χ3v) is 4.29. The summed E-state index contributed by atoms with van der Waals surface area (Å²) in [6.45, 7) is 0.0651. The minimum absolute atomic E-state index is 0.0154. The van der Waals surface area contributed by atoms with Crippen LogP contribution in [-0.4, -0.2) is 50.5 Å². The van der Waals surface area contributed by atoms with Crippen molar-refractivity contribution in [1.29, 1.82) is 0 Å². The molecule has 0 aliphatic carbocycles. The van der Waals surface area contributed by atoms with Crippen LogP contribution in [0.5, 0.6) is 0 Å². The number of sulfonamides is 1. The van der Waals surface area contributed by atoms with E-state index in [1.54, 1.807) is 18.2 Å². The Bertz CT molecular complexity index is 502. The SMILES string of the molecule is CN(CC(=O)NCCCO)S(=O)(=O)c1ccccc1. The van der Waals surface area contributed by atoms with E-state index in [-0.39, 0.29) is 18.0 Å². The maximum Gasteiger partial charge on any atom is 0.243 e. The first kappa shape index (κ1) is 15.6. The number of benzene rings is 1. The number of aliphatic hydroxyl groups is 1. The lowest BCUT2D eigenvalue weighted by Crippen LogP contribution is -2.38. The summed E-state index contributed by atoms with van der Waals surface area (Å²) in [7, 11) is -2.29. The molecule has 0 bridgehead atoms. The summed E-state index contributed by atoms with van der Waals surface area (Å²) in [5.41, 5.74) is 0. The summed E-state index contributed by atoms with van der Waals surface area (Å²) in [4.78, 5) is 11.7. The van der Waals surface area contributed by atoms with Gasteiger partial charge in [-0.05, 0) is 18.6 Å². The maximum atomic E-state index is 12.1. The number of hydrogen-bond donors (Lipinski definition) is 2. The Morgan fingerprint density at radius 1 is 1.32 bits per heavy atom. The van der Waals surface area contributed by atoms with Crippen molar-refractivity contribution >= 4 is 15.9 Å². The summed E-state index contributed by atoms with van der Waals surface area (Å²) < 4.78 is 25.2. The summed E-state index contributed by atoms with van der Waals surface area (Å²) in [5.74, 6) is -0.393. The highest BCUT2D eigenvalue weighted by Gasteiger charge is 2.22. The third kappa shape index (κ3) is 4.62. The number of rotatable bonds is 7. The highest BCUT2D eigenvalue weighted by molar-refractivity contribution is 7.89. The fraction of sp³-hybridized carbons (Fsp3) is 0.417. The minimum Gasteiger partial charge on any atom is -0.396 e. The second-order valence-electron chi connectivity index (χ2n) is 4.00. The van der Waals surface area contributed by atoms with Crippen LogP contribution in [0.15, 0.2) is 35.2 Å². The number of aliphatic hydroxyl groups excluding tert-OH is 1. The zero-order chi connectivity index (χ0) is 14.3. The molecular weight excluding hydrogens is 268 g/mol. The largest absolute Gasteiger partial charge is 0.396 e. The summed E-state index contributed by atoms with van der Waals surface area (Å²) >= 11 is 0. The van der Waals surface area contributed by atoms with Crippen LogP contribution in [0.1, 0.15) is 6.42 Å². The lowest BCUT2D eigenvalue weighted by atomic mass is 10.4. The van der Waals surface area contributed by atoms with Gasteiger partial charge in [-0.15, -0.1) is 0 Å². The van der Waals surface area contributed by atoms with Gasteiger partial charge in [0.25, 0.3) is 0 Å². The van der Waals surface area contributed by atoms with Crippen LogP contribution in [0.25, 0.3) is 0 Å². The van der Waals surface area contributed by atoms with Crippen molar-refractivity contribution < 1.29 is 18.3 Å². The van der Waals surface area contributed by atoms with Crippen LogP contribution in [0.3, 0.4) is 0 Å². The van der Waals surface area contributed by atoms with Crippen molar-refractivity contribution in [3.05, 3.63) is 30.3 Å². The van der Waals surface area contributed by atoms with Crippen LogP contribution in [0.4, 0.5) is 0 Å². The first-order valence-corrected chi connectivity index (χ1v) is 7.31. The monoisotopic (exact) mass is 286 g/mol. The van der Waals surface area contributed by atoms with Gasteiger partial charge < -0.3 is 10.4 Å². The predicted molar refractivity (Wildman–Crippen MR) is 71.0 cm³/mol. The number of carbonyl (C=O) groups excluding carboxylic acids is 1. The molecule has 0 heterocycles. The molecule has 7 heteroatoms. The molecule has 1 rings (SSSR count). The van der Waals surface area contributed by atoms with Crippen LogP contribution in [0, 0.1) is 0 Å². The first-order valence-electron chi connectivity index (χ1n) is 5.87. The molecular formula is C12H18N2O4S. The molecule has 106 valence electrons. The molecule has 19 heavy (non-hydrogen) atoms. The number of amides is 1. The fourth-order valence-corrected chi connectivity index (χ4v) is 2.57. The van der Waals surface area contributed by atoms with Gasteiger partial charge in [0.2, 0.25) is 15.9 Å². The molecule has 0 unspecified atom stereocenters. The zero-order valence-corrected chi connectivity index (χ0v) is 11.6. The van der Waals surface area contributed by atoms with Crippen LogP contribution in [-0.2, 0) is 14.8 Å². The average molecular weight is 286 g/mol. The first-order chi connectivity index (χ1) is 8.98. The Kier molecular flexibility index (Phi) is 5.94. The fourth-order valence-electron chi connectivity index (χ4n) is 1.42. The van der Waals surface area contributed by atoms with Crippen molar-refractivity contribution in [2.45, 2.75) is 11.3 Å². The van der Waals surface area contributed by atoms with Gasteiger partial charge in [0.05, 0.1) is 11.4 Å². The smallest absolute Gasteiger partial charge is 0.243 e. The van der Waals surface area contributed by atoms with E-state index in [0.717, 1.165) is 4.31 Å². The molecule has 0 saturated carbocycles. The van der Waals surface area contributed by atoms with E-state index in [1.165, 1.54) is 19.2 Å². The van der Waals surface area contributed by atoms with Gasteiger partial charge in [0.1, 0.15) is 0 Å². The van der Waals surface area contributed by atoms with Crippen LogP contribution in [0.2, 0.25) is 0 Å². The molecule has 0 aromatic heterocycles. The highest BCUT2D eigenvalue weighted by atomic mass is 32.2. The van der Waals surface area contributed by atoms with Gasteiger partial charge in [-0.2, -0.15) is 4.31 Å². The van der Waals surface area contributed by atoms with E-state index < -0.39 is 15.9 Å². The minimum atomic E-state index is -3.64. The second kappa shape index (κ2) is 7.22. The Labute approximate surface area is 113 Å². The molecule has 1 aromatic rings. The number of nitrogens with one attached hydrogen (secondary N) is 1. The molecule has 0 aliphatic rings. The topological polar surface area (TPSA) is 86.7 Å². The van der Waals surface area contributed by atoms with Crippen molar-refractivity contribution in [3.8, 4) is 0 Å². The van der Waals surface area contributed by atoms with Gasteiger partial charge >= 0.3 is 0 Å². The van der Waals surface area contributed by atoms with Gasteiger partial charge in [-0.25, -0.2) is 8.42 Å². The summed E-state index contributed by atoms with van der Waals surface area (Å²) in [6.07, 6.45) is 0.445. The molecule has 2 N–H and O–H groups in total. The Morgan fingerprint density at radius 3 is 2.53 bits per heavy atom. The van der Waals surface area contributed by atoms with Gasteiger partial charge in [-0.1, -0.05) is 18.2 Å². The lowest BCUT2D eigenvalue weighted by Gasteiger charge is -2.16. The van der Waals surface area contributed by atoms with Gasteiger partial charge in [-0.3, -0.25) is 4.79 Å². The predicted octanol–water partition coefficient (Wildman–Crippen LogP) is -0.194. The molecule has 0 spiro atoms. The van der Waals surface area contributed by atoms with Crippen LogP contribution >= 0.6 is 0 Å². The van der Waals surface area contributed by atoms with E-state index >= 15 is 0 Å². The van der Waals surface area contributed by atoms with E-state index in [2.05, 4.69) is 5.32 Å². The van der Waals surface area contributed by atoms with Crippen molar-refractivity contribution in [3.63, 3.8) is 0 Å². The molecule has 0 fully saturated rings. The van der Waals surface area contributed by atoms with E-state index in [9.17, 15) is 13.2 Å². The van der Waals surface area contributed by atoms with E-state index in [1.807, 2.05) is 0 Å². The number of carbonyl (C=O) groups is 1. The van der Waals surface area contributed by atoms with E-state index in [0.29, 0.717) is 13.0 Å². The zero-order valence-electron chi connectivity index (χ0n) is 10.7. The average Bonchev–Trinajstić information content (AvgIpc) is 2.40. The number of hydrogen-bond acceptors (Lipinski definition) is 4. The van der Waals surface area contributed by atoms with Crippen molar-refractivity contribution in [2.24, 2.45) is 0 Å². The molecule has 1 amide bonds. The Morgan fingerprint density at radius 2 is 1.95 bits per heavy atom. The van der Waals surface area contributed by atoms with Crippen LogP contribution < -0.4 is 5.32 Å². The van der Waals surface area contributed by atoms with Gasteiger partial charge in [0, 0.05) is 20.2 Å². The lowest BCUT2D eigenvalue weighted by molar-refractivity contribution is -0.121. The van der Waals surface area contributed by atoms with E-state index in [4.69, 9.17) is 5.11 Å². The molecule has 0 atom stereocenters. The number of likely N-dealkylation sites (N-methyl/N-ethyl adjacent to an activating group) is 1. The van der Waals surface area contributed by atoms with Crippen molar-refractivity contribution in [2.75, 3.05) is 26.7 Å². The van der Waals surface area contributed by atoms with Gasteiger partial charge in [0.15, 0.2) is 0 Å². The number of nitrogens with zero attached hydrogens (tertiary/aromatic N) is 1. The Balaban J connectivity index is 2.62. The molecule has 0 saturated heterocycles. The quantitative estimate of drug-likeness (QED) is 0.680.